The maximum Gasteiger partial charge on any atom is 0.151 e. The van der Waals surface area contributed by atoms with Gasteiger partial charge in [-0.2, -0.15) is 0 Å². The van der Waals surface area contributed by atoms with Crippen LogP contribution in [-0.2, 0) is 14.3 Å². The van der Waals surface area contributed by atoms with Crippen LogP contribution in [0.25, 0.3) is 0 Å². The molecule has 0 aromatic heterocycles. The first kappa shape index (κ1) is 27.5. The maximum absolute atomic E-state index is 11.5. The second-order valence-corrected chi connectivity index (χ2v) is 7.58. The maximum atomic E-state index is 11.5. The Kier molecular flexibility index (Phi) is 19.4. The lowest BCUT2D eigenvalue weighted by molar-refractivity contribution is -0.160. The Hall–Kier alpha value is -0.530. The number of hydrogen-bond donors (Lipinski definition) is 3. The van der Waals surface area contributed by atoms with E-state index in [1.807, 2.05) is 0 Å². The molecule has 0 fully saturated rings. The Morgan fingerprint density at radius 2 is 1.21 bits per heavy atom. The number of aldehydes is 1. The highest BCUT2D eigenvalue weighted by atomic mass is 16.6. The lowest BCUT2D eigenvalue weighted by Crippen LogP contribution is -2.49. The molecule has 0 unspecified atom stereocenters. The molecule has 0 heterocycles. The Labute approximate surface area is 171 Å². The summed E-state index contributed by atoms with van der Waals surface area (Å²) in [7, 11) is 0. The van der Waals surface area contributed by atoms with Crippen molar-refractivity contribution in [2.24, 2.45) is 0 Å². The van der Waals surface area contributed by atoms with Crippen molar-refractivity contribution in [2.75, 3.05) is 19.8 Å². The van der Waals surface area contributed by atoms with E-state index in [0.717, 1.165) is 38.5 Å². The Bertz CT molecular complexity index is 339. The largest absolute Gasteiger partial charge is 0.394 e. The molecule has 0 saturated carbocycles. The topological polar surface area (TPSA) is 96.2 Å². The molecule has 6 nitrogen and oxygen atoms in total. The first-order valence-electron chi connectivity index (χ1n) is 11.3. The molecule has 168 valence electrons. The van der Waals surface area contributed by atoms with Crippen molar-refractivity contribution in [1.82, 2.24) is 0 Å². The van der Waals surface area contributed by atoms with E-state index < -0.39 is 31.0 Å². The van der Waals surface area contributed by atoms with Crippen molar-refractivity contribution >= 4 is 6.29 Å². The summed E-state index contributed by atoms with van der Waals surface area (Å²) in [6.07, 6.45) is 9.23. The molecule has 4 atom stereocenters. The molecule has 0 aliphatic rings. The first-order valence-corrected chi connectivity index (χ1v) is 11.3. The third-order valence-corrected chi connectivity index (χ3v) is 4.99. The molecule has 0 amide bonds. The summed E-state index contributed by atoms with van der Waals surface area (Å²) >= 11 is 0. The van der Waals surface area contributed by atoms with Gasteiger partial charge in [0.15, 0.2) is 6.29 Å². The molecular formula is C22H44O6. The molecule has 0 aromatic rings. The number of unbranched alkanes of at least 4 members (excludes halogenated alkanes) is 10. The predicted octanol–water partition coefficient (Wildman–Crippen LogP) is 3.39. The van der Waals surface area contributed by atoms with Crippen LogP contribution < -0.4 is 0 Å². The summed E-state index contributed by atoms with van der Waals surface area (Å²) < 4.78 is 11.4. The molecule has 3 N–H and O–H groups in total. The molecule has 0 aromatic carbocycles. The smallest absolute Gasteiger partial charge is 0.151 e. The number of hydrogen-bond acceptors (Lipinski definition) is 6. The zero-order valence-electron chi connectivity index (χ0n) is 18.1. The summed E-state index contributed by atoms with van der Waals surface area (Å²) in [5, 5.41) is 29.2. The van der Waals surface area contributed by atoms with E-state index in [1.54, 1.807) is 0 Å². The summed E-state index contributed by atoms with van der Waals surface area (Å²) in [5.41, 5.74) is 0. The number of aliphatic hydroxyl groups excluding tert-OH is 3. The molecular weight excluding hydrogens is 360 g/mol. The highest BCUT2D eigenvalue weighted by molar-refractivity contribution is 5.57. The lowest BCUT2D eigenvalue weighted by Gasteiger charge is -2.30. The van der Waals surface area contributed by atoms with Gasteiger partial charge in [0, 0.05) is 13.2 Å². The number of ether oxygens (including phenoxy) is 2. The van der Waals surface area contributed by atoms with Gasteiger partial charge in [0.25, 0.3) is 0 Å². The van der Waals surface area contributed by atoms with Gasteiger partial charge >= 0.3 is 0 Å². The molecule has 0 spiro atoms. The van der Waals surface area contributed by atoms with Gasteiger partial charge in [-0.15, -0.1) is 0 Å². The normalized spacial score (nSPS) is 15.9. The molecule has 0 radical (unpaired) electrons. The molecule has 0 rings (SSSR count). The van der Waals surface area contributed by atoms with Crippen LogP contribution in [0.5, 0.6) is 0 Å². The molecule has 0 aliphatic carbocycles. The second-order valence-electron chi connectivity index (χ2n) is 7.58. The minimum Gasteiger partial charge on any atom is -0.394 e. The van der Waals surface area contributed by atoms with Gasteiger partial charge in [0.1, 0.15) is 24.4 Å². The summed E-state index contributed by atoms with van der Waals surface area (Å²) in [6.45, 7) is 4.55. The number of aliphatic hydroxyl groups is 3. The molecule has 6 heteroatoms. The van der Waals surface area contributed by atoms with Crippen molar-refractivity contribution < 1.29 is 29.6 Å². The molecule has 0 saturated heterocycles. The van der Waals surface area contributed by atoms with Gasteiger partial charge in [-0.25, -0.2) is 0 Å². The quantitative estimate of drug-likeness (QED) is 0.200. The number of rotatable bonds is 21. The van der Waals surface area contributed by atoms with Gasteiger partial charge in [-0.1, -0.05) is 78.1 Å². The second kappa shape index (κ2) is 19.8. The Morgan fingerprint density at radius 1 is 0.750 bits per heavy atom. The van der Waals surface area contributed by atoms with E-state index in [9.17, 15) is 15.0 Å². The Balaban J connectivity index is 4.38. The molecule has 0 aliphatic heterocycles. The fraction of sp³-hybridized carbons (Fsp3) is 0.955. The summed E-state index contributed by atoms with van der Waals surface area (Å²) in [5.74, 6) is 0. The average Bonchev–Trinajstić information content (AvgIpc) is 2.72. The predicted molar refractivity (Wildman–Crippen MR) is 111 cm³/mol. The highest BCUT2D eigenvalue weighted by Gasteiger charge is 2.34. The van der Waals surface area contributed by atoms with Crippen LogP contribution in [0.15, 0.2) is 0 Å². The summed E-state index contributed by atoms with van der Waals surface area (Å²) in [4.78, 5) is 11.5. The van der Waals surface area contributed by atoms with Crippen molar-refractivity contribution in [3.05, 3.63) is 0 Å². The minimum absolute atomic E-state index is 0.386. The van der Waals surface area contributed by atoms with Crippen molar-refractivity contribution in [1.29, 1.82) is 0 Å². The van der Waals surface area contributed by atoms with E-state index >= 15 is 0 Å². The van der Waals surface area contributed by atoms with E-state index in [0.29, 0.717) is 19.5 Å². The van der Waals surface area contributed by atoms with Crippen molar-refractivity contribution in [3.8, 4) is 0 Å². The van der Waals surface area contributed by atoms with Crippen molar-refractivity contribution in [2.45, 2.75) is 115 Å². The van der Waals surface area contributed by atoms with Crippen LogP contribution in [0.1, 0.15) is 90.9 Å². The monoisotopic (exact) mass is 404 g/mol. The van der Waals surface area contributed by atoms with Crippen LogP contribution in [0.2, 0.25) is 0 Å². The van der Waals surface area contributed by atoms with Gasteiger partial charge < -0.3 is 29.6 Å². The zero-order valence-corrected chi connectivity index (χ0v) is 18.1. The lowest BCUT2D eigenvalue weighted by atomic mass is 10.0. The third kappa shape index (κ3) is 13.6. The fourth-order valence-corrected chi connectivity index (χ4v) is 3.13. The van der Waals surface area contributed by atoms with E-state index in [2.05, 4.69) is 13.8 Å². The molecule has 0 bridgehead atoms. The summed E-state index contributed by atoms with van der Waals surface area (Å²) in [6, 6.07) is 0. The van der Waals surface area contributed by atoms with Gasteiger partial charge in [-0.3, -0.25) is 0 Å². The van der Waals surface area contributed by atoms with E-state index in [4.69, 9.17) is 14.6 Å². The van der Waals surface area contributed by atoms with Gasteiger partial charge in [0.05, 0.1) is 6.61 Å². The average molecular weight is 405 g/mol. The van der Waals surface area contributed by atoms with Crippen LogP contribution in [0.3, 0.4) is 0 Å². The Morgan fingerprint density at radius 3 is 1.68 bits per heavy atom. The zero-order chi connectivity index (χ0) is 21.0. The number of carbonyl (C=O) groups excluding carboxylic acids is 1. The van der Waals surface area contributed by atoms with E-state index in [1.165, 1.54) is 38.5 Å². The SMILES string of the molecule is CCCCCCCCO[C@@H]([C@H](O)[C@H](O)CO)[C@H](C=O)OCCCCCCCC. The minimum atomic E-state index is -1.37. The standard InChI is InChI=1S/C22H44O6/c1-3-5-7-9-11-13-15-27-20(18-24)22(21(26)19(25)17-23)28-16-14-12-10-8-6-4-2/h18-23,25-26H,3-17H2,1-2H3/t19-,20+,21-,22-/m1/s1. The van der Waals surface area contributed by atoms with Crippen LogP contribution in [-0.4, -0.2) is 65.8 Å². The highest BCUT2D eigenvalue weighted by Crippen LogP contribution is 2.14. The van der Waals surface area contributed by atoms with Crippen LogP contribution in [0.4, 0.5) is 0 Å². The van der Waals surface area contributed by atoms with Crippen LogP contribution in [0, 0.1) is 0 Å². The third-order valence-electron chi connectivity index (χ3n) is 4.99. The first-order chi connectivity index (χ1) is 13.6. The van der Waals surface area contributed by atoms with Gasteiger partial charge in [-0.05, 0) is 12.8 Å². The van der Waals surface area contributed by atoms with E-state index in [-0.39, 0.29) is 0 Å². The number of carbonyl (C=O) groups is 1. The van der Waals surface area contributed by atoms with Gasteiger partial charge in [0.2, 0.25) is 0 Å². The van der Waals surface area contributed by atoms with Crippen LogP contribution >= 0.6 is 0 Å². The molecule has 28 heavy (non-hydrogen) atoms. The fourth-order valence-electron chi connectivity index (χ4n) is 3.13. The van der Waals surface area contributed by atoms with Crippen molar-refractivity contribution in [3.63, 3.8) is 0 Å².